The van der Waals surface area contributed by atoms with Crippen molar-refractivity contribution in [3.63, 3.8) is 0 Å². The Morgan fingerprint density at radius 2 is 2.32 bits per heavy atom. The summed E-state index contributed by atoms with van der Waals surface area (Å²) in [6.07, 6.45) is 8.12. The van der Waals surface area contributed by atoms with Crippen molar-refractivity contribution in [1.82, 2.24) is 15.2 Å². The lowest BCUT2D eigenvalue weighted by atomic mass is 9.94. The Kier molecular flexibility index (Phi) is 5.42. The number of nitrogens with one attached hydrogen (secondary N) is 1. The zero-order valence-electron chi connectivity index (χ0n) is 11.9. The van der Waals surface area contributed by atoms with Crippen molar-refractivity contribution in [2.45, 2.75) is 58.5 Å². The minimum atomic E-state index is 0.208. The second-order valence-electron chi connectivity index (χ2n) is 5.59. The third-order valence-corrected chi connectivity index (χ3v) is 4.98. The largest absolute Gasteiger partial charge is 0.271 e. The fourth-order valence-electron chi connectivity index (χ4n) is 3.30. The number of rotatable bonds is 6. The summed E-state index contributed by atoms with van der Waals surface area (Å²) in [4.78, 5) is 0. The molecule has 0 aromatic carbocycles. The first kappa shape index (κ1) is 15.0. The van der Waals surface area contributed by atoms with Crippen LogP contribution < -0.4 is 11.3 Å². The minimum absolute atomic E-state index is 0.208. The maximum Gasteiger partial charge on any atom is 0.0712 e. The topological polar surface area (TPSA) is 55.9 Å². The number of halogens is 1. The van der Waals surface area contributed by atoms with E-state index in [1.807, 2.05) is 6.20 Å². The molecule has 1 aliphatic rings. The van der Waals surface area contributed by atoms with Gasteiger partial charge in [-0.25, -0.2) is 0 Å². The van der Waals surface area contributed by atoms with Crippen molar-refractivity contribution in [2.24, 2.45) is 17.7 Å². The maximum atomic E-state index is 5.85. The van der Waals surface area contributed by atoms with Gasteiger partial charge in [-0.2, -0.15) is 5.10 Å². The van der Waals surface area contributed by atoms with Crippen molar-refractivity contribution < 1.29 is 0 Å². The van der Waals surface area contributed by atoms with Crippen LogP contribution in [0.15, 0.2) is 10.7 Å². The van der Waals surface area contributed by atoms with Gasteiger partial charge in [0.1, 0.15) is 0 Å². The van der Waals surface area contributed by atoms with E-state index >= 15 is 0 Å². The zero-order valence-corrected chi connectivity index (χ0v) is 13.5. The molecule has 3 atom stereocenters. The highest BCUT2D eigenvalue weighted by atomic mass is 79.9. The van der Waals surface area contributed by atoms with Crippen LogP contribution in [0.5, 0.6) is 0 Å². The molecule has 0 bridgehead atoms. The molecule has 1 saturated carbocycles. The molecule has 1 fully saturated rings. The summed E-state index contributed by atoms with van der Waals surface area (Å²) in [5.74, 6) is 7.34. The normalized spacial score (nSPS) is 24.8. The molecular formula is C14H25BrN4. The first-order valence-electron chi connectivity index (χ1n) is 7.38. The molecule has 2 rings (SSSR count). The number of hydrogen-bond donors (Lipinski definition) is 2. The highest BCUT2D eigenvalue weighted by Gasteiger charge is 2.33. The maximum absolute atomic E-state index is 5.85. The summed E-state index contributed by atoms with van der Waals surface area (Å²) in [5, 5.41) is 4.46. The van der Waals surface area contributed by atoms with Gasteiger partial charge in [0.15, 0.2) is 0 Å². The third-order valence-electron chi connectivity index (χ3n) is 4.37. The highest BCUT2D eigenvalue weighted by Crippen LogP contribution is 2.41. The Morgan fingerprint density at radius 3 is 2.89 bits per heavy atom. The molecule has 4 nitrogen and oxygen atoms in total. The Balaban J connectivity index is 2.19. The van der Waals surface area contributed by atoms with E-state index in [0.29, 0.717) is 5.92 Å². The van der Waals surface area contributed by atoms with E-state index in [1.165, 1.54) is 31.4 Å². The molecule has 0 spiro atoms. The molecule has 3 unspecified atom stereocenters. The van der Waals surface area contributed by atoms with Gasteiger partial charge < -0.3 is 0 Å². The lowest BCUT2D eigenvalue weighted by Gasteiger charge is -2.24. The second kappa shape index (κ2) is 6.86. The van der Waals surface area contributed by atoms with Gasteiger partial charge in [0.25, 0.3) is 0 Å². The molecule has 0 amide bonds. The zero-order chi connectivity index (χ0) is 13.8. The lowest BCUT2D eigenvalue weighted by molar-refractivity contribution is 0.336. The summed E-state index contributed by atoms with van der Waals surface area (Å²) in [6, 6.07) is 0.208. The van der Waals surface area contributed by atoms with Crippen LogP contribution in [0.2, 0.25) is 0 Å². The van der Waals surface area contributed by atoms with Crippen LogP contribution >= 0.6 is 15.9 Å². The van der Waals surface area contributed by atoms with Crippen molar-refractivity contribution in [2.75, 3.05) is 0 Å². The molecule has 3 N–H and O–H groups in total. The number of hydrogen-bond acceptors (Lipinski definition) is 3. The van der Waals surface area contributed by atoms with E-state index in [4.69, 9.17) is 5.84 Å². The fourth-order valence-corrected chi connectivity index (χ4v) is 3.84. The van der Waals surface area contributed by atoms with Crippen molar-refractivity contribution in [3.8, 4) is 0 Å². The van der Waals surface area contributed by atoms with Gasteiger partial charge in [-0.3, -0.25) is 16.0 Å². The molecule has 1 aromatic rings. The quantitative estimate of drug-likeness (QED) is 0.621. The highest BCUT2D eigenvalue weighted by molar-refractivity contribution is 9.10. The number of aryl methyl sites for hydroxylation is 1. The smallest absolute Gasteiger partial charge is 0.0712 e. The molecule has 5 heteroatoms. The van der Waals surface area contributed by atoms with Crippen LogP contribution in [0.4, 0.5) is 0 Å². The minimum Gasteiger partial charge on any atom is -0.271 e. The van der Waals surface area contributed by atoms with Crippen LogP contribution in [0.3, 0.4) is 0 Å². The van der Waals surface area contributed by atoms with E-state index in [2.05, 4.69) is 45.0 Å². The molecular weight excluding hydrogens is 304 g/mol. The van der Waals surface area contributed by atoms with Gasteiger partial charge >= 0.3 is 0 Å². The van der Waals surface area contributed by atoms with Gasteiger partial charge in [-0.1, -0.05) is 26.7 Å². The van der Waals surface area contributed by atoms with Gasteiger partial charge in [0.2, 0.25) is 0 Å². The van der Waals surface area contributed by atoms with Crippen LogP contribution in [-0.4, -0.2) is 9.78 Å². The summed E-state index contributed by atoms with van der Waals surface area (Å²) in [6.45, 7) is 5.41. The Hall–Kier alpha value is -0.390. The molecule has 0 aliphatic heterocycles. The van der Waals surface area contributed by atoms with E-state index in [1.54, 1.807) is 0 Å². The van der Waals surface area contributed by atoms with Crippen molar-refractivity contribution in [3.05, 3.63) is 16.4 Å². The van der Waals surface area contributed by atoms with Crippen LogP contribution in [-0.2, 0) is 6.54 Å². The third kappa shape index (κ3) is 3.20. The average Bonchev–Trinajstić information content (AvgIpc) is 3.01. The molecule has 0 saturated heterocycles. The van der Waals surface area contributed by atoms with Crippen molar-refractivity contribution in [1.29, 1.82) is 0 Å². The SMILES string of the molecule is CCCn1ncc(Br)c1C(NN)C1CCC(CC)C1. The number of nitrogens with zero attached hydrogens (tertiary/aromatic N) is 2. The average molecular weight is 329 g/mol. The van der Waals surface area contributed by atoms with E-state index in [0.717, 1.165) is 23.4 Å². The van der Waals surface area contributed by atoms with Gasteiger partial charge in [0, 0.05) is 6.54 Å². The van der Waals surface area contributed by atoms with Crippen molar-refractivity contribution >= 4 is 15.9 Å². The van der Waals surface area contributed by atoms with E-state index in [9.17, 15) is 0 Å². The predicted octanol–water partition coefficient (Wildman–Crippen LogP) is 3.39. The Bertz CT molecular complexity index is 404. The van der Waals surface area contributed by atoms with Gasteiger partial charge in [-0.05, 0) is 47.0 Å². The number of nitrogens with two attached hydrogens (primary N) is 1. The van der Waals surface area contributed by atoms with E-state index in [-0.39, 0.29) is 6.04 Å². The molecule has 19 heavy (non-hydrogen) atoms. The first-order valence-corrected chi connectivity index (χ1v) is 8.17. The standard InChI is InChI=1S/C14H25BrN4/c1-3-7-19-14(12(15)9-17-19)13(18-16)11-6-5-10(4-2)8-11/h9-11,13,18H,3-8,16H2,1-2H3. The first-order chi connectivity index (χ1) is 9.21. The fraction of sp³-hybridized carbons (Fsp3) is 0.786. The number of hydrazine groups is 1. The summed E-state index contributed by atoms with van der Waals surface area (Å²) in [7, 11) is 0. The van der Waals surface area contributed by atoms with Gasteiger partial charge in [0.05, 0.1) is 22.4 Å². The molecule has 1 heterocycles. The van der Waals surface area contributed by atoms with Crippen LogP contribution in [0, 0.1) is 11.8 Å². The van der Waals surface area contributed by atoms with Crippen LogP contribution in [0.1, 0.15) is 57.7 Å². The Morgan fingerprint density at radius 1 is 1.53 bits per heavy atom. The monoisotopic (exact) mass is 328 g/mol. The Labute approximate surface area is 124 Å². The van der Waals surface area contributed by atoms with Crippen LogP contribution in [0.25, 0.3) is 0 Å². The number of aromatic nitrogens is 2. The lowest BCUT2D eigenvalue weighted by Crippen LogP contribution is -2.34. The molecule has 0 radical (unpaired) electrons. The summed E-state index contributed by atoms with van der Waals surface area (Å²) >= 11 is 3.63. The van der Waals surface area contributed by atoms with Gasteiger partial charge in [-0.15, -0.1) is 0 Å². The predicted molar refractivity (Wildman–Crippen MR) is 81.4 cm³/mol. The second-order valence-corrected chi connectivity index (χ2v) is 6.45. The summed E-state index contributed by atoms with van der Waals surface area (Å²) < 4.78 is 3.16. The molecule has 108 valence electrons. The molecule has 1 aromatic heterocycles. The summed E-state index contributed by atoms with van der Waals surface area (Å²) in [5.41, 5.74) is 4.25. The molecule has 1 aliphatic carbocycles. The van der Waals surface area contributed by atoms with E-state index < -0.39 is 0 Å².